The van der Waals surface area contributed by atoms with Crippen LogP contribution in [0.2, 0.25) is 30.4 Å². The molecule has 0 unspecified atom stereocenters. The summed E-state index contributed by atoms with van der Waals surface area (Å²) >= 11 is 40.5. The van der Waals surface area contributed by atoms with Gasteiger partial charge in [0.2, 0.25) is 11.8 Å². The van der Waals surface area contributed by atoms with E-state index >= 15 is 0 Å². The second-order valence-corrected chi connectivity index (χ2v) is 9.22. The molecule has 0 aliphatic heterocycles. The van der Waals surface area contributed by atoms with Gasteiger partial charge < -0.3 is 9.05 Å². The van der Waals surface area contributed by atoms with E-state index in [0.717, 1.165) is 0 Å². The molecule has 130 valence electrons. The summed E-state index contributed by atoms with van der Waals surface area (Å²) in [6.07, 6.45) is 0. The lowest BCUT2D eigenvalue weighted by atomic mass is 10.5. The highest BCUT2D eigenvalue weighted by molar-refractivity contribution is 8.07. The SMILES string of the molecule is COP(=S)(Oc1nc(Cl)c(Cl)cc1Cl)Oc1nc(Cl)c(Cl)cc1Cl. The number of hydrogen-bond donors (Lipinski definition) is 0. The molecule has 2 aromatic heterocycles. The summed E-state index contributed by atoms with van der Waals surface area (Å²) in [6, 6.07) is 2.68. The second kappa shape index (κ2) is 8.30. The average molecular weight is 489 g/mol. The fourth-order valence-corrected chi connectivity index (χ4v) is 3.77. The van der Waals surface area contributed by atoms with Crippen molar-refractivity contribution in [2.45, 2.75) is 0 Å². The summed E-state index contributed by atoms with van der Waals surface area (Å²) < 4.78 is 16.1. The van der Waals surface area contributed by atoms with Crippen LogP contribution in [0.3, 0.4) is 0 Å². The largest absolute Gasteiger partial charge is 0.437 e. The van der Waals surface area contributed by atoms with E-state index < -0.39 is 6.72 Å². The van der Waals surface area contributed by atoms with Crippen LogP contribution in [0.15, 0.2) is 12.1 Å². The molecule has 13 heteroatoms. The fraction of sp³-hybridized carbons (Fsp3) is 0.0909. The van der Waals surface area contributed by atoms with E-state index in [1.165, 1.54) is 19.2 Å². The van der Waals surface area contributed by atoms with Crippen LogP contribution in [0.1, 0.15) is 0 Å². The molecular formula is C11H5Cl6N2O3PS. The molecule has 0 aliphatic rings. The summed E-state index contributed by atoms with van der Waals surface area (Å²) in [5, 5.41) is 0.364. The van der Waals surface area contributed by atoms with Gasteiger partial charge in [0.15, 0.2) is 10.3 Å². The molecule has 0 saturated heterocycles. The van der Waals surface area contributed by atoms with Gasteiger partial charge in [0.05, 0.1) is 10.0 Å². The van der Waals surface area contributed by atoms with Crippen LogP contribution in [0, 0.1) is 0 Å². The number of halogens is 6. The first-order chi connectivity index (χ1) is 11.1. The third-order valence-electron chi connectivity index (χ3n) is 2.33. The molecule has 24 heavy (non-hydrogen) atoms. The predicted molar refractivity (Wildman–Crippen MR) is 101 cm³/mol. The first-order valence-corrected chi connectivity index (χ1v) is 10.6. The minimum absolute atomic E-state index is 0.0283. The van der Waals surface area contributed by atoms with Crippen LogP contribution in [-0.4, -0.2) is 17.1 Å². The van der Waals surface area contributed by atoms with Crippen molar-refractivity contribution in [3.8, 4) is 11.8 Å². The van der Waals surface area contributed by atoms with Crippen LogP contribution in [0.25, 0.3) is 0 Å². The Kier molecular flexibility index (Phi) is 7.11. The molecule has 0 aromatic carbocycles. The van der Waals surface area contributed by atoms with Gasteiger partial charge in [-0.1, -0.05) is 69.6 Å². The Morgan fingerprint density at radius 2 is 1.17 bits per heavy atom. The molecule has 0 saturated carbocycles. The monoisotopic (exact) mass is 486 g/mol. The zero-order valence-corrected chi connectivity index (χ0v) is 17.6. The lowest BCUT2D eigenvalue weighted by molar-refractivity contribution is 0.312. The molecular weight excluding hydrogens is 484 g/mol. The number of nitrogens with zero attached hydrogens (tertiary/aromatic N) is 2. The van der Waals surface area contributed by atoms with Gasteiger partial charge in [-0.15, -0.1) is 0 Å². The normalized spacial score (nSPS) is 11.5. The molecule has 0 atom stereocenters. The fourth-order valence-electron chi connectivity index (χ4n) is 1.29. The van der Waals surface area contributed by atoms with Gasteiger partial charge in [-0.25, -0.2) is 0 Å². The summed E-state index contributed by atoms with van der Waals surface area (Å²) in [5.41, 5.74) is 0. The van der Waals surface area contributed by atoms with Crippen molar-refractivity contribution in [3.05, 3.63) is 42.5 Å². The summed E-state index contributed by atoms with van der Waals surface area (Å²) in [5.74, 6) is -0.236. The summed E-state index contributed by atoms with van der Waals surface area (Å²) in [4.78, 5) is 7.76. The van der Waals surface area contributed by atoms with Gasteiger partial charge in [-0.2, -0.15) is 9.97 Å². The number of hydrogen-bond acceptors (Lipinski definition) is 6. The molecule has 0 aliphatic carbocycles. The van der Waals surface area contributed by atoms with Crippen molar-refractivity contribution in [3.63, 3.8) is 0 Å². The van der Waals surface area contributed by atoms with E-state index in [-0.39, 0.29) is 42.2 Å². The van der Waals surface area contributed by atoms with E-state index in [1.54, 1.807) is 0 Å². The number of pyridine rings is 2. The molecule has 2 rings (SSSR count). The van der Waals surface area contributed by atoms with Gasteiger partial charge >= 0.3 is 6.72 Å². The molecule has 0 N–H and O–H groups in total. The Morgan fingerprint density at radius 3 is 1.50 bits per heavy atom. The predicted octanol–water partition coefficient (Wildman–Crippen LogP) is 6.73. The first-order valence-electron chi connectivity index (χ1n) is 5.73. The topological polar surface area (TPSA) is 53.5 Å². The van der Waals surface area contributed by atoms with Crippen molar-refractivity contribution in [2.24, 2.45) is 0 Å². The second-order valence-electron chi connectivity index (χ2n) is 3.91. The molecule has 0 spiro atoms. The smallest absolute Gasteiger partial charge is 0.396 e. The van der Waals surface area contributed by atoms with Crippen LogP contribution in [0.5, 0.6) is 11.8 Å². The van der Waals surface area contributed by atoms with E-state index in [2.05, 4.69) is 9.97 Å². The molecule has 5 nitrogen and oxygen atoms in total. The van der Waals surface area contributed by atoms with Crippen LogP contribution >= 0.6 is 76.3 Å². The maximum absolute atomic E-state index is 5.99. The van der Waals surface area contributed by atoms with Crippen LogP contribution < -0.4 is 9.05 Å². The van der Waals surface area contributed by atoms with Crippen LogP contribution in [0.4, 0.5) is 0 Å². The van der Waals surface area contributed by atoms with Crippen molar-refractivity contribution in [2.75, 3.05) is 7.11 Å². The standard InChI is InChI=1S/C11H5Cl6N2O3PS/c1-20-23(24,21-10-6(14)2-4(12)8(16)18-10)22-11-7(15)3-5(13)9(17)19-11/h2-3H,1H3. The van der Waals surface area contributed by atoms with Crippen molar-refractivity contribution in [1.29, 1.82) is 0 Å². The van der Waals surface area contributed by atoms with Gasteiger partial charge in [0, 0.05) is 18.9 Å². The highest BCUT2D eigenvalue weighted by Crippen LogP contribution is 2.51. The molecule has 2 aromatic rings. The third kappa shape index (κ3) is 4.91. The Hall–Kier alpha value is 0.250. The van der Waals surface area contributed by atoms with E-state index in [4.69, 9.17) is 95.0 Å². The Balaban J connectivity index is 2.35. The van der Waals surface area contributed by atoms with Gasteiger partial charge in [0.1, 0.15) is 10.0 Å². The van der Waals surface area contributed by atoms with Gasteiger partial charge in [-0.3, -0.25) is 4.52 Å². The number of aromatic nitrogens is 2. The maximum atomic E-state index is 5.99. The first kappa shape index (κ1) is 20.6. The zero-order chi connectivity index (χ0) is 18.1. The third-order valence-corrected chi connectivity index (χ3v) is 6.35. The lowest BCUT2D eigenvalue weighted by Crippen LogP contribution is -2.05. The minimum atomic E-state index is -3.43. The van der Waals surface area contributed by atoms with Crippen molar-refractivity contribution >= 4 is 88.1 Å². The zero-order valence-electron chi connectivity index (χ0n) is 11.4. The van der Waals surface area contributed by atoms with Crippen molar-refractivity contribution in [1.82, 2.24) is 9.97 Å². The Bertz CT molecular complexity index is 776. The average Bonchev–Trinajstić information content (AvgIpc) is 2.50. The Labute approximate surface area is 172 Å². The van der Waals surface area contributed by atoms with Gasteiger partial charge in [-0.05, 0) is 12.1 Å². The number of rotatable bonds is 5. The minimum Gasteiger partial charge on any atom is -0.396 e. The highest BCUT2D eigenvalue weighted by Gasteiger charge is 2.28. The van der Waals surface area contributed by atoms with Crippen molar-refractivity contribution < 1.29 is 13.6 Å². The van der Waals surface area contributed by atoms with E-state index in [1.807, 2.05) is 0 Å². The van der Waals surface area contributed by atoms with Gasteiger partial charge in [0.25, 0.3) is 0 Å². The van der Waals surface area contributed by atoms with E-state index in [9.17, 15) is 0 Å². The lowest BCUT2D eigenvalue weighted by Gasteiger charge is -2.21. The molecule has 2 heterocycles. The highest BCUT2D eigenvalue weighted by atomic mass is 35.5. The molecule has 0 bridgehead atoms. The quantitative estimate of drug-likeness (QED) is 0.344. The molecule has 0 fully saturated rings. The molecule has 0 radical (unpaired) electrons. The summed E-state index contributed by atoms with van der Waals surface area (Å²) in [6.45, 7) is -3.43. The van der Waals surface area contributed by atoms with E-state index in [0.29, 0.717) is 0 Å². The molecule has 0 amide bonds. The summed E-state index contributed by atoms with van der Waals surface area (Å²) in [7, 11) is 1.28. The van der Waals surface area contributed by atoms with Crippen LogP contribution in [-0.2, 0) is 16.3 Å². The maximum Gasteiger partial charge on any atom is 0.437 e. The Morgan fingerprint density at radius 1 is 0.792 bits per heavy atom.